The van der Waals surface area contributed by atoms with E-state index in [4.69, 9.17) is 14.5 Å². The summed E-state index contributed by atoms with van der Waals surface area (Å²) < 4.78 is 78.7. The van der Waals surface area contributed by atoms with Crippen molar-refractivity contribution in [1.82, 2.24) is 15.0 Å². The maximum Gasteiger partial charge on any atom is 0.433 e. The molecule has 2 aliphatic rings. The van der Waals surface area contributed by atoms with Gasteiger partial charge in [-0.2, -0.15) is 13.2 Å². The van der Waals surface area contributed by atoms with Crippen molar-refractivity contribution in [2.24, 2.45) is 0 Å². The van der Waals surface area contributed by atoms with Gasteiger partial charge in [-0.05, 0) is 47.5 Å². The lowest BCUT2D eigenvalue weighted by Gasteiger charge is -2.32. The van der Waals surface area contributed by atoms with Crippen LogP contribution in [0.3, 0.4) is 0 Å². The lowest BCUT2D eigenvalue weighted by atomic mass is 10.0. The molecule has 3 aromatic heterocycles. The number of fused-ring (bicyclic) bond motifs is 1. The van der Waals surface area contributed by atoms with Crippen LogP contribution in [-0.2, 0) is 29.0 Å². The van der Waals surface area contributed by atoms with Crippen molar-refractivity contribution < 1.29 is 31.4 Å². The van der Waals surface area contributed by atoms with Crippen molar-refractivity contribution in [3.05, 3.63) is 65.6 Å². The van der Waals surface area contributed by atoms with E-state index < -0.39 is 25.2 Å². The van der Waals surface area contributed by atoms with Crippen LogP contribution in [-0.4, -0.2) is 67.6 Å². The van der Waals surface area contributed by atoms with Gasteiger partial charge in [0.15, 0.2) is 5.82 Å². The third-order valence-corrected chi connectivity index (χ3v) is 7.51. The Morgan fingerprint density at radius 1 is 0.791 bits per heavy atom. The Labute approximate surface area is 244 Å². The summed E-state index contributed by atoms with van der Waals surface area (Å²) in [6, 6.07) is 8.76. The number of nitrogens with zero attached hydrogens (tertiary/aromatic N) is 5. The Hall–Kier alpha value is -4.10. The molecule has 0 aliphatic carbocycles. The minimum absolute atomic E-state index is 0.238. The number of hydrogen-bond donors (Lipinski definition) is 1. The number of anilines is 4. The Balaban J connectivity index is 1.50. The van der Waals surface area contributed by atoms with E-state index in [2.05, 4.69) is 25.1 Å². The summed E-state index contributed by atoms with van der Waals surface area (Å²) in [5.41, 5.74) is 2.33. The van der Waals surface area contributed by atoms with Gasteiger partial charge in [-0.1, -0.05) is 0 Å². The second-order valence-corrected chi connectivity index (χ2v) is 10.3. The third kappa shape index (κ3) is 6.18. The Kier molecular flexibility index (Phi) is 8.26. The summed E-state index contributed by atoms with van der Waals surface area (Å²) >= 11 is 0. The Morgan fingerprint density at radius 3 is 2.14 bits per heavy atom. The zero-order valence-electron chi connectivity index (χ0n) is 23.1. The fourth-order valence-electron chi connectivity index (χ4n) is 5.37. The van der Waals surface area contributed by atoms with Crippen LogP contribution >= 0.6 is 0 Å². The number of halogens is 5. The van der Waals surface area contributed by atoms with Gasteiger partial charge < -0.3 is 24.6 Å². The van der Waals surface area contributed by atoms with Gasteiger partial charge in [-0.25, -0.2) is 18.7 Å². The van der Waals surface area contributed by atoms with Gasteiger partial charge in [0.25, 0.3) is 0 Å². The molecule has 0 amide bonds. The highest BCUT2D eigenvalue weighted by Gasteiger charge is 2.32. The molecule has 0 spiro atoms. The smallest absolute Gasteiger partial charge is 0.378 e. The molecule has 0 atom stereocenters. The van der Waals surface area contributed by atoms with E-state index >= 15 is 0 Å². The Morgan fingerprint density at radius 2 is 1.51 bits per heavy atom. The van der Waals surface area contributed by atoms with Crippen LogP contribution in [0.5, 0.6) is 0 Å². The highest BCUT2D eigenvalue weighted by atomic mass is 19.4. The number of pyridine rings is 3. The van der Waals surface area contributed by atoms with Gasteiger partial charge in [0.2, 0.25) is 0 Å². The number of nitrogens with one attached hydrogen (secondary N) is 1. The van der Waals surface area contributed by atoms with Crippen LogP contribution in [0.4, 0.5) is 44.8 Å². The van der Waals surface area contributed by atoms with Gasteiger partial charge in [0.1, 0.15) is 19.0 Å². The zero-order valence-corrected chi connectivity index (χ0v) is 23.1. The molecule has 2 fully saturated rings. The van der Waals surface area contributed by atoms with Crippen LogP contribution in [0.1, 0.15) is 16.8 Å². The molecule has 8 nitrogen and oxygen atoms in total. The molecule has 6 rings (SSSR count). The average Bonchev–Trinajstić information content (AvgIpc) is 3.04. The quantitative estimate of drug-likeness (QED) is 0.257. The maximum absolute atomic E-state index is 14.4. The van der Waals surface area contributed by atoms with E-state index in [1.54, 1.807) is 6.07 Å². The average molecular weight is 601 g/mol. The minimum Gasteiger partial charge on any atom is -0.378 e. The van der Waals surface area contributed by atoms with E-state index in [0.29, 0.717) is 92.0 Å². The molecule has 5 heterocycles. The second-order valence-electron chi connectivity index (χ2n) is 10.3. The number of morpholine rings is 2. The monoisotopic (exact) mass is 600 g/mol. The molecule has 1 N–H and O–H groups in total. The van der Waals surface area contributed by atoms with Crippen molar-refractivity contribution >= 4 is 33.8 Å². The minimum atomic E-state index is -4.59. The number of alkyl halides is 5. The van der Waals surface area contributed by atoms with Gasteiger partial charge in [0.05, 0.1) is 60.9 Å². The van der Waals surface area contributed by atoms with E-state index in [-0.39, 0.29) is 11.1 Å². The highest BCUT2D eigenvalue weighted by molar-refractivity contribution is 5.99. The van der Waals surface area contributed by atoms with Crippen molar-refractivity contribution in [3.63, 3.8) is 0 Å². The maximum atomic E-state index is 14.4. The van der Waals surface area contributed by atoms with Crippen molar-refractivity contribution in [2.75, 3.05) is 67.7 Å². The number of rotatable bonds is 7. The van der Waals surface area contributed by atoms with Crippen LogP contribution in [0.2, 0.25) is 0 Å². The summed E-state index contributed by atoms with van der Waals surface area (Å²) in [5.74, 6) is 0.671. The predicted octanol–water partition coefficient (Wildman–Crippen LogP) is 6.07. The summed E-state index contributed by atoms with van der Waals surface area (Å²) in [7, 11) is 0. The lowest BCUT2D eigenvalue weighted by Crippen LogP contribution is -2.38. The molecular weight excluding hydrogens is 571 g/mol. The number of aromatic nitrogens is 3. The first-order valence-electron chi connectivity index (χ1n) is 13.9. The van der Waals surface area contributed by atoms with Gasteiger partial charge in [-0.15, -0.1) is 0 Å². The third-order valence-electron chi connectivity index (χ3n) is 7.51. The molecule has 2 aliphatic heterocycles. The number of hydrogen-bond acceptors (Lipinski definition) is 8. The summed E-state index contributed by atoms with van der Waals surface area (Å²) in [5, 5.41) is 3.88. The fourth-order valence-corrected chi connectivity index (χ4v) is 5.37. The molecule has 4 aromatic rings. The molecule has 0 radical (unpaired) electrons. The molecule has 43 heavy (non-hydrogen) atoms. The van der Waals surface area contributed by atoms with Crippen LogP contribution in [0.15, 0.2) is 48.8 Å². The van der Waals surface area contributed by atoms with Gasteiger partial charge in [0, 0.05) is 43.3 Å². The van der Waals surface area contributed by atoms with E-state index in [0.717, 1.165) is 18.0 Å². The first-order chi connectivity index (χ1) is 20.8. The summed E-state index contributed by atoms with van der Waals surface area (Å²) in [6.07, 6.45) is -1.69. The van der Waals surface area contributed by atoms with Crippen LogP contribution < -0.4 is 15.1 Å². The van der Waals surface area contributed by atoms with Crippen LogP contribution in [0.25, 0.3) is 22.2 Å². The standard InChI is InChI=1S/C30H29F5N6O2/c31-15-19-11-21(16-32)28-24(12-19)38-23(20-1-2-27(36-17-20)30(33,34)35)14-25(28)39-26-13-22(40-3-7-42-8-4-40)18-37-29(26)41-5-9-43-10-6-41/h1-2,11-14,17-18H,3-10,15-16H2,(H,38,39). The zero-order chi connectivity index (χ0) is 30.0. The first-order valence-corrected chi connectivity index (χ1v) is 13.9. The first kappa shape index (κ1) is 29.0. The van der Waals surface area contributed by atoms with Gasteiger partial charge >= 0.3 is 6.18 Å². The number of benzene rings is 1. The molecule has 226 valence electrons. The highest BCUT2D eigenvalue weighted by Crippen LogP contribution is 2.38. The largest absolute Gasteiger partial charge is 0.433 e. The SMILES string of the molecule is FCc1cc(CF)c2c(Nc3cc(N4CCOCC4)cnc3N3CCOCC3)cc(-c3ccc(C(F)(F)F)nc3)nc2c1. The second kappa shape index (κ2) is 12.3. The summed E-state index contributed by atoms with van der Waals surface area (Å²) in [6.45, 7) is 3.17. The summed E-state index contributed by atoms with van der Waals surface area (Å²) in [4.78, 5) is 17.2. The van der Waals surface area contributed by atoms with E-state index in [1.807, 2.05) is 12.3 Å². The van der Waals surface area contributed by atoms with Crippen molar-refractivity contribution in [2.45, 2.75) is 19.5 Å². The molecule has 1 aromatic carbocycles. The van der Waals surface area contributed by atoms with Crippen LogP contribution in [0, 0.1) is 0 Å². The molecule has 0 saturated carbocycles. The molecule has 0 bridgehead atoms. The van der Waals surface area contributed by atoms with E-state index in [9.17, 15) is 22.0 Å². The lowest BCUT2D eigenvalue weighted by molar-refractivity contribution is -0.141. The van der Waals surface area contributed by atoms with Crippen molar-refractivity contribution in [1.29, 1.82) is 0 Å². The van der Waals surface area contributed by atoms with E-state index in [1.165, 1.54) is 18.2 Å². The Bertz CT molecular complexity index is 1590. The fraction of sp³-hybridized carbons (Fsp3) is 0.367. The normalized spacial score (nSPS) is 16.1. The predicted molar refractivity (Wildman–Crippen MR) is 153 cm³/mol. The molecule has 2 saturated heterocycles. The molecular formula is C30H29F5N6O2. The topological polar surface area (TPSA) is 75.6 Å². The van der Waals surface area contributed by atoms with Gasteiger partial charge in [-0.3, -0.25) is 4.98 Å². The number of ether oxygens (including phenoxy) is 2. The molecule has 13 heteroatoms. The molecule has 0 unspecified atom stereocenters. The van der Waals surface area contributed by atoms with Crippen molar-refractivity contribution in [3.8, 4) is 11.3 Å².